The fraction of sp³-hybridized carbons (Fsp3) is 0.462. The SMILES string of the molecule is CN1CCOC(CNS(=O)(=O)c2cccc(C(=O)O)c2)C1. The molecule has 1 aliphatic rings. The maximum atomic E-state index is 12.2. The van der Waals surface area contributed by atoms with Gasteiger partial charge in [-0.3, -0.25) is 0 Å². The molecule has 2 N–H and O–H groups in total. The van der Waals surface area contributed by atoms with Crippen molar-refractivity contribution in [2.75, 3.05) is 33.3 Å². The number of carboxylic acids is 1. The fourth-order valence-electron chi connectivity index (χ4n) is 2.07. The van der Waals surface area contributed by atoms with Crippen LogP contribution in [-0.2, 0) is 14.8 Å². The second-order valence-electron chi connectivity index (χ2n) is 4.94. The standard InChI is InChI=1S/C13H18N2O5S/c1-15-5-6-20-11(9-15)8-14-21(18,19)12-4-2-3-10(7-12)13(16)17/h2-4,7,11,14H,5-6,8-9H2,1H3,(H,16,17). The van der Waals surface area contributed by atoms with Crippen LogP contribution < -0.4 is 4.72 Å². The molecule has 1 atom stereocenters. The first-order chi connectivity index (χ1) is 9.88. The number of nitrogens with zero attached hydrogens (tertiary/aromatic N) is 1. The third-order valence-corrected chi connectivity index (χ3v) is 4.66. The minimum atomic E-state index is -3.75. The second kappa shape index (κ2) is 6.52. The number of ether oxygens (including phenoxy) is 1. The zero-order chi connectivity index (χ0) is 15.5. The molecule has 116 valence electrons. The lowest BCUT2D eigenvalue weighted by molar-refractivity contribution is -0.0156. The molecule has 0 saturated carbocycles. The molecular formula is C13H18N2O5S. The van der Waals surface area contributed by atoms with Crippen molar-refractivity contribution in [1.29, 1.82) is 0 Å². The summed E-state index contributed by atoms with van der Waals surface area (Å²) >= 11 is 0. The van der Waals surface area contributed by atoms with Gasteiger partial charge in [-0.2, -0.15) is 0 Å². The summed E-state index contributed by atoms with van der Waals surface area (Å²) in [5.74, 6) is -1.16. The molecule has 1 heterocycles. The number of hydrogen-bond donors (Lipinski definition) is 2. The Morgan fingerprint density at radius 3 is 2.95 bits per heavy atom. The summed E-state index contributed by atoms with van der Waals surface area (Å²) in [7, 11) is -1.80. The van der Waals surface area contributed by atoms with Crippen LogP contribution in [0.5, 0.6) is 0 Å². The number of aromatic carboxylic acids is 1. The topological polar surface area (TPSA) is 95.9 Å². The summed E-state index contributed by atoms with van der Waals surface area (Å²) in [6, 6.07) is 5.25. The van der Waals surface area contributed by atoms with Crippen molar-refractivity contribution in [3.05, 3.63) is 29.8 Å². The van der Waals surface area contributed by atoms with Crippen LogP contribution in [0.15, 0.2) is 29.2 Å². The Kier molecular flexibility index (Phi) is 4.94. The minimum Gasteiger partial charge on any atom is -0.478 e. The molecule has 1 fully saturated rings. The van der Waals surface area contributed by atoms with E-state index in [1.165, 1.54) is 18.2 Å². The third-order valence-electron chi connectivity index (χ3n) is 3.23. The Labute approximate surface area is 123 Å². The van der Waals surface area contributed by atoms with Gasteiger partial charge in [0.25, 0.3) is 0 Å². The van der Waals surface area contributed by atoms with Crippen LogP contribution in [-0.4, -0.2) is 63.8 Å². The number of likely N-dealkylation sites (N-methyl/N-ethyl adjacent to an activating group) is 1. The molecule has 8 heteroatoms. The molecule has 1 aromatic carbocycles. The molecule has 1 saturated heterocycles. The molecule has 1 unspecified atom stereocenters. The van der Waals surface area contributed by atoms with Gasteiger partial charge in [0.15, 0.2) is 0 Å². The van der Waals surface area contributed by atoms with E-state index in [-0.39, 0.29) is 23.1 Å². The van der Waals surface area contributed by atoms with Crippen molar-refractivity contribution >= 4 is 16.0 Å². The lowest BCUT2D eigenvalue weighted by Gasteiger charge is -2.30. The average Bonchev–Trinajstić information content (AvgIpc) is 2.45. The second-order valence-corrected chi connectivity index (χ2v) is 6.71. The molecule has 21 heavy (non-hydrogen) atoms. The first kappa shape index (κ1) is 15.9. The number of carboxylic acid groups (broad SMARTS) is 1. The van der Waals surface area contributed by atoms with Gasteiger partial charge < -0.3 is 14.7 Å². The number of benzene rings is 1. The molecular weight excluding hydrogens is 296 g/mol. The molecule has 2 rings (SSSR count). The highest BCUT2D eigenvalue weighted by molar-refractivity contribution is 7.89. The molecule has 1 aliphatic heterocycles. The summed E-state index contributed by atoms with van der Waals surface area (Å²) in [6.45, 7) is 2.20. The molecule has 1 aromatic rings. The summed E-state index contributed by atoms with van der Waals surface area (Å²) in [5, 5.41) is 8.90. The molecule has 0 spiro atoms. The van der Waals surface area contributed by atoms with Gasteiger partial charge in [-0.05, 0) is 25.2 Å². The lowest BCUT2D eigenvalue weighted by atomic mass is 10.2. The Morgan fingerprint density at radius 2 is 2.29 bits per heavy atom. The first-order valence-electron chi connectivity index (χ1n) is 6.51. The Balaban J connectivity index is 2.04. The van der Waals surface area contributed by atoms with Crippen molar-refractivity contribution in [3.8, 4) is 0 Å². The first-order valence-corrected chi connectivity index (χ1v) is 8.00. The molecule has 0 aromatic heterocycles. The monoisotopic (exact) mass is 314 g/mol. The Morgan fingerprint density at radius 1 is 1.52 bits per heavy atom. The van der Waals surface area contributed by atoms with E-state index in [2.05, 4.69) is 9.62 Å². The maximum absolute atomic E-state index is 12.2. The predicted octanol–water partition coefficient (Wildman–Crippen LogP) is -0.00630. The van der Waals surface area contributed by atoms with Crippen molar-refractivity contribution in [2.45, 2.75) is 11.0 Å². The molecule has 0 amide bonds. The van der Waals surface area contributed by atoms with Crippen molar-refractivity contribution in [2.24, 2.45) is 0 Å². The zero-order valence-electron chi connectivity index (χ0n) is 11.7. The van der Waals surface area contributed by atoms with Gasteiger partial charge in [-0.25, -0.2) is 17.9 Å². The van der Waals surface area contributed by atoms with Gasteiger partial charge in [0.1, 0.15) is 0 Å². The highest BCUT2D eigenvalue weighted by Crippen LogP contribution is 2.12. The zero-order valence-corrected chi connectivity index (χ0v) is 12.5. The van der Waals surface area contributed by atoms with E-state index in [4.69, 9.17) is 9.84 Å². The van der Waals surface area contributed by atoms with Crippen LogP contribution in [0, 0.1) is 0 Å². The van der Waals surface area contributed by atoms with E-state index in [1.807, 2.05) is 7.05 Å². The molecule has 0 radical (unpaired) electrons. The highest BCUT2D eigenvalue weighted by atomic mass is 32.2. The van der Waals surface area contributed by atoms with Gasteiger partial charge in [0, 0.05) is 19.6 Å². The van der Waals surface area contributed by atoms with E-state index in [0.717, 1.165) is 12.6 Å². The number of sulfonamides is 1. The third kappa shape index (κ3) is 4.24. The average molecular weight is 314 g/mol. The highest BCUT2D eigenvalue weighted by Gasteiger charge is 2.21. The van der Waals surface area contributed by atoms with Crippen LogP contribution in [0.25, 0.3) is 0 Å². The summed E-state index contributed by atoms with van der Waals surface area (Å²) in [5.41, 5.74) is -0.0634. The van der Waals surface area contributed by atoms with Crippen LogP contribution in [0.3, 0.4) is 0 Å². The van der Waals surface area contributed by atoms with Gasteiger partial charge >= 0.3 is 5.97 Å². The normalized spacial score (nSPS) is 20.3. The minimum absolute atomic E-state index is 0.0634. The van der Waals surface area contributed by atoms with E-state index in [9.17, 15) is 13.2 Å². The quantitative estimate of drug-likeness (QED) is 0.794. The van der Waals surface area contributed by atoms with Crippen molar-refractivity contribution in [3.63, 3.8) is 0 Å². The number of carbonyl (C=O) groups is 1. The van der Waals surface area contributed by atoms with Crippen LogP contribution in [0.4, 0.5) is 0 Å². The van der Waals surface area contributed by atoms with Gasteiger partial charge in [-0.1, -0.05) is 6.07 Å². The van der Waals surface area contributed by atoms with Gasteiger partial charge in [0.05, 0.1) is 23.2 Å². The largest absolute Gasteiger partial charge is 0.478 e. The van der Waals surface area contributed by atoms with Gasteiger partial charge in [0.2, 0.25) is 10.0 Å². The van der Waals surface area contributed by atoms with E-state index >= 15 is 0 Å². The number of rotatable bonds is 5. The van der Waals surface area contributed by atoms with E-state index < -0.39 is 16.0 Å². The summed E-state index contributed by atoms with van der Waals surface area (Å²) in [6.07, 6.45) is -0.207. The number of morpholine rings is 1. The molecule has 0 bridgehead atoms. The van der Waals surface area contributed by atoms with Crippen LogP contribution in [0.2, 0.25) is 0 Å². The number of nitrogens with one attached hydrogen (secondary N) is 1. The van der Waals surface area contributed by atoms with Crippen LogP contribution >= 0.6 is 0 Å². The Bertz CT molecular complexity index is 617. The molecule has 0 aliphatic carbocycles. The maximum Gasteiger partial charge on any atom is 0.335 e. The molecule has 7 nitrogen and oxygen atoms in total. The summed E-state index contributed by atoms with van der Waals surface area (Å²) in [4.78, 5) is 12.9. The fourth-order valence-corrected chi connectivity index (χ4v) is 3.18. The van der Waals surface area contributed by atoms with Crippen molar-refractivity contribution in [1.82, 2.24) is 9.62 Å². The number of hydrogen-bond acceptors (Lipinski definition) is 5. The van der Waals surface area contributed by atoms with Crippen molar-refractivity contribution < 1.29 is 23.1 Å². The van der Waals surface area contributed by atoms with E-state index in [0.29, 0.717) is 13.2 Å². The van der Waals surface area contributed by atoms with Crippen LogP contribution in [0.1, 0.15) is 10.4 Å². The predicted molar refractivity (Wildman–Crippen MR) is 75.8 cm³/mol. The lowest BCUT2D eigenvalue weighted by Crippen LogP contribution is -2.45. The Hall–Kier alpha value is -1.48. The van der Waals surface area contributed by atoms with Gasteiger partial charge in [-0.15, -0.1) is 0 Å². The van der Waals surface area contributed by atoms with E-state index in [1.54, 1.807) is 0 Å². The smallest absolute Gasteiger partial charge is 0.335 e. The summed E-state index contributed by atoms with van der Waals surface area (Å²) < 4.78 is 32.3.